The highest BCUT2D eigenvalue weighted by atomic mass is 16.4. The number of fused-ring (bicyclic) bond motifs is 1. The lowest BCUT2D eigenvalue weighted by Crippen LogP contribution is -2.51. The first-order chi connectivity index (χ1) is 7.66. The summed E-state index contributed by atoms with van der Waals surface area (Å²) in [5.41, 5.74) is 0.408. The van der Waals surface area contributed by atoms with Crippen LogP contribution in [0, 0.1) is 0 Å². The molecule has 5 heteroatoms. The molecule has 1 aliphatic carbocycles. The van der Waals surface area contributed by atoms with Crippen LogP contribution in [0.25, 0.3) is 0 Å². The van der Waals surface area contributed by atoms with Crippen molar-refractivity contribution in [1.82, 2.24) is 5.32 Å². The molecule has 2 rings (SSSR count). The Labute approximate surface area is 93.9 Å². The predicted molar refractivity (Wildman–Crippen MR) is 58.5 cm³/mol. The van der Waals surface area contributed by atoms with E-state index >= 15 is 0 Å². The Morgan fingerprint density at radius 2 is 2.19 bits per heavy atom. The fraction of sp³-hybridized carbons (Fsp3) is 0.727. The normalized spacial score (nSPS) is 29.0. The van der Waals surface area contributed by atoms with Crippen LogP contribution < -0.4 is 5.32 Å². The van der Waals surface area contributed by atoms with E-state index in [4.69, 9.17) is 5.11 Å². The van der Waals surface area contributed by atoms with Gasteiger partial charge in [0.1, 0.15) is 5.71 Å². The van der Waals surface area contributed by atoms with Crippen molar-refractivity contribution >= 4 is 17.6 Å². The molecule has 5 nitrogen and oxygen atoms in total. The van der Waals surface area contributed by atoms with Gasteiger partial charge in [0.05, 0.1) is 18.5 Å². The maximum absolute atomic E-state index is 11.6. The summed E-state index contributed by atoms with van der Waals surface area (Å²) >= 11 is 0. The number of rotatable bonds is 3. The standard InChI is InChI=1S/C11H16N2O3/c14-10(15)6-5-9-11(16)13-8-4-2-1-3-7(8)12-9/h7-8H,1-6H2,(H,13,16)(H,14,15)/t7-,8-/m0/s1. The fourth-order valence-electron chi connectivity index (χ4n) is 2.35. The molecule has 0 saturated heterocycles. The molecule has 0 bridgehead atoms. The molecule has 0 aromatic heterocycles. The molecule has 0 spiro atoms. The van der Waals surface area contributed by atoms with Crippen molar-refractivity contribution in [2.45, 2.75) is 50.6 Å². The lowest BCUT2D eigenvalue weighted by atomic mass is 9.89. The SMILES string of the molecule is O=C(O)CCC1=N[C@H]2CCCC[C@@H]2NC1=O. The van der Waals surface area contributed by atoms with Crippen LogP contribution in [-0.4, -0.2) is 34.8 Å². The van der Waals surface area contributed by atoms with Gasteiger partial charge in [0.2, 0.25) is 0 Å². The topological polar surface area (TPSA) is 78.8 Å². The average molecular weight is 224 g/mol. The van der Waals surface area contributed by atoms with E-state index in [9.17, 15) is 9.59 Å². The minimum atomic E-state index is -0.888. The summed E-state index contributed by atoms with van der Waals surface area (Å²) in [5.74, 6) is -1.06. The third kappa shape index (κ3) is 2.40. The van der Waals surface area contributed by atoms with E-state index in [2.05, 4.69) is 10.3 Å². The minimum Gasteiger partial charge on any atom is -0.481 e. The van der Waals surface area contributed by atoms with Gasteiger partial charge < -0.3 is 10.4 Å². The molecule has 1 heterocycles. The van der Waals surface area contributed by atoms with Crippen LogP contribution in [0.15, 0.2) is 4.99 Å². The quantitative estimate of drug-likeness (QED) is 0.741. The number of carboxylic acid groups (broad SMARTS) is 1. The second-order valence-corrected chi connectivity index (χ2v) is 4.40. The van der Waals surface area contributed by atoms with Gasteiger partial charge in [-0.15, -0.1) is 0 Å². The molecule has 1 fully saturated rings. The van der Waals surface area contributed by atoms with Crippen LogP contribution in [0.3, 0.4) is 0 Å². The van der Waals surface area contributed by atoms with Crippen molar-refractivity contribution in [2.24, 2.45) is 4.99 Å². The highest BCUT2D eigenvalue weighted by molar-refractivity contribution is 6.39. The smallest absolute Gasteiger partial charge is 0.303 e. The van der Waals surface area contributed by atoms with Gasteiger partial charge in [-0.3, -0.25) is 14.6 Å². The van der Waals surface area contributed by atoms with Crippen LogP contribution in [0.2, 0.25) is 0 Å². The molecule has 0 aromatic rings. The maximum Gasteiger partial charge on any atom is 0.303 e. The summed E-state index contributed by atoms with van der Waals surface area (Å²) in [6.07, 6.45) is 4.50. The molecule has 2 N–H and O–H groups in total. The Morgan fingerprint density at radius 1 is 1.44 bits per heavy atom. The van der Waals surface area contributed by atoms with Gasteiger partial charge in [0, 0.05) is 6.42 Å². The minimum absolute atomic E-state index is 0.0242. The number of hydrogen-bond donors (Lipinski definition) is 2. The zero-order valence-corrected chi connectivity index (χ0v) is 9.11. The zero-order valence-electron chi connectivity index (χ0n) is 9.11. The highest BCUT2D eigenvalue weighted by Crippen LogP contribution is 2.24. The Morgan fingerprint density at radius 3 is 2.94 bits per heavy atom. The van der Waals surface area contributed by atoms with Gasteiger partial charge in [0.15, 0.2) is 0 Å². The van der Waals surface area contributed by atoms with Crippen LogP contribution in [0.4, 0.5) is 0 Å². The monoisotopic (exact) mass is 224 g/mol. The van der Waals surface area contributed by atoms with Gasteiger partial charge in [0.25, 0.3) is 5.91 Å². The lowest BCUT2D eigenvalue weighted by Gasteiger charge is -2.33. The van der Waals surface area contributed by atoms with Crippen LogP contribution in [0.1, 0.15) is 38.5 Å². The van der Waals surface area contributed by atoms with Crippen molar-refractivity contribution in [2.75, 3.05) is 0 Å². The molecular weight excluding hydrogens is 208 g/mol. The van der Waals surface area contributed by atoms with Crippen LogP contribution >= 0.6 is 0 Å². The summed E-state index contributed by atoms with van der Waals surface area (Å²) < 4.78 is 0. The Balaban J connectivity index is 2.03. The predicted octanol–water partition coefficient (Wildman–Crippen LogP) is 0.733. The van der Waals surface area contributed by atoms with Crippen molar-refractivity contribution in [3.63, 3.8) is 0 Å². The maximum atomic E-state index is 11.6. The molecule has 88 valence electrons. The number of nitrogens with one attached hydrogen (secondary N) is 1. The summed E-state index contributed by atoms with van der Waals surface area (Å²) in [4.78, 5) is 26.5. The molecular formula is C11H16N2O3. The number of carbonyl (C=O) groups is 2. The van der Waals surface area contributed by atoms with Crippen molar-refractivity contribution < 1.29 is 14.7 Å². The number of aliphatic carboxylic acids is 1. The second kappa shape index (κ2) is 4.63. The molecule has 1 aliphatic heterocycles. The Hall–Kier alpha value is -1.39. The van der Waals surface area contributed by atoms with Crippen molar-refractivity contribution in [3.8, 4) is 0 Å². The molecule has 0 radical (unpaired) electrons. The van der Waals surface area contributed by atoms with Gasteiger partial charge in [-0.1, -0.05) is 12.8 Å². The third-order valence-electron chi connectivity index (χ3n) is 3.21. The molecule has 2 aliphatic rings. The Kier molecular flexibility index (Phi) is 3.22. The van der Waals surface area contributed by atoms with Gasteiger partial charge >= 0.3 is 5.97 Å². The number of aliphatic imine (C=N–C) groups is 1. The molecule has 0 unspecified atom stereocenters. The first kappa shape index (κ1) is 11.1. The first-order valence-electron chi connectivity index (χ1n) is 5.76. The molecule has 16 heavy (non-hydrogen) atoms. The molecule has 0 aromatic carbocycles. The fourth-order valence-corrected chi connectivity index (χ4v) is 2.35. The summed E-state index contributed by atoms with van der Waals surface area (Å²) in [7, 11) is 0. The largest absolute Gasteiger partial charge is 0.481 e. The summed E-state index contributed by atoms with van der Waals surface area (Å²) in [5, 5.41) is 11.5. The highest BCUT2D eigenvalue weighted by Gasteiger charge is 2.32. The lowest BCUT2D eigenvalue weighted by molar-refractivity contribution is -0.136. The van der Waals surface area contributed by atoms with E-state index in [0.717, 1.165) is 25.7 Å². The molecule has 2 atom stereocenters. The third-order valence-corrected chi connectivity index (χ3v) is 3.21. The summed E-state index contributed by atoms with van der Waals surface area (Å²) in [6.45, 7) is 0. The average Bonchev–Trinajstić information content (AvgIpc) is 2.26. The van der Waals surface area contributed by atoms with E-state index in [1.807, 2.05) is 0 Å². The molecule has 1 amide bonds. The number of amides is 1. The van der Waals surface area contributed by atoms with Gasteiger partial charge in [-0.05, 0) is 12.8 Å². The summed E-state index contributed by atoms with van der Waals surface area (Å²) in [6, 6.07) is 0.352. The van der Waals surface area contributed by atoms with Crippen LogP contribution in [-0.2, 0) is 9.59 Å². The number of carbonyl (C=O) groups excluding carboxylic acids is 1. The number of carboxylic acids is 1. The van der Waals surface area contributed by atoms with E-state index < -0.39 is 5.97 Å². The van der Waals surface area contributed by atoms with Gasteiger partial charge in [-0.2, -0.15) is 0 Å². The van der Waals surface area contributed by atoms with Crippen molar-refractivity contribution in [3.05, 3.63) is 0 Å². The van der Waals surface area contributed by atoms with E-state index in [0.29, 0.717) is 5.71 Å². The molecule has 1 saturated carbocycles. The van der Waals surface area contributed by atoms with Crippen LogP contribution in [0.5, 0.6) is 0 Å². The van der Waals surface area contributed by atoms with Crippen molar-refractivity contribution in [1.29, 1.82) is 0 Å². The zero-order chi connectivity index (χ0) is 11.5. The van der Waals surface area contributed by atoms with E-state index in [1.165, 1.54) is 0 Å². The second-order valence-electron chi connectivity index (χ2n) is 4.40. The first-order valence-corrected chi connectivity index (χ1v) is 5.76. The number of nitrogens with zero attached hydrogens (tertiary/aromatic N) is 1. The Bertz CT molecular complexity index is 338. The van der Waals surface area contributed by atoms with Gasteiger partial charge in [-0.25, -0.2) is 0 Å². The van der Waals surface area contributed by atoms with E-state index in [1.54, 1.807) is 0 Å². The number of hydrogen-bond acceptors (Lipinski definition) is 3. The van der Waals surface area contributed by atoms with E-state index in [-0.39, 0.29) is 30.8 Å².